The average Bonchev–Trinajstić information content (AvgIpc) is 3.38. The smallest absolute Gasteiger partial charge is 0.421 e. The molecule has 0 atom stereocenters. The Morgan fingerprint density at radius 1 is 1.02 bits per heavy atom. The maximum Gasteiger partial charge on any atom is 0.421 e. The lowest BCUT2D eigenvalue weighted by molar-refractivity contribution is -0.158. The Hall–Kier alpha value is -4.24. The number of esters is 1. The highest BCUT2D eigenvalue weighted by molar-refractivity contribution is 5.92. The van der Waals surface area contributed by atoms with Crippen LogP contribution in [-0.4, -0.2) is 79.0 Å². The molecule has 222 valence electrons. The van der Waals surface area contributed by atoms with Crippen molar-refractivity contribution in [3.05, 3.63) is 90.0 Å². The van der Waals surface area contributed by atoms with Gasteiger partial charge in [0.2, 0.25) is 6.79 Å². The summed E-state index contributed by atoms with van der Waals surface area (Å²) in [5.41, 5.74) is 4.25. The second-order valence-corrected chi connectivity index (χ2v) is 11.1. The summed E-state index contributed by atoms with van der Waals surface area (Å²) in [6.07, 6.45) is 10.8. The molecule has 2 aliphatic rings. The van der Waals surface area contributed by atoms with Crippen molar-refractivity contribution in [3.8, 4) is 5.75 Å². The van der Waals surface area contributed by atoms with Crippen LogP contribution in [0.5, 0.6) is 5.75 Å². The highest BCUT2D eigenvalue weighted by atomic mass is 16.7. The number of aromatic nitrogens is 1. The number of hydrogen-bond acceptors (Lipinski definition) is 8. The van der Waals surface area contributed by atoms with Crippen LogP contribution in [0.15, 0.2) is 78.9 Å². The highest BCUT2D eigenvalue weighted by Crippen LogP contribution is 2.28. The van der Waals surface area contributed by atoms with Crippen LogP contribution in [0.2, 0.25) is 0 Å². The third kappa shape index (κ3) is 7.15. The largest absolute Gasteiger partial charge is 0.497 e. The lowest BCUT2D eigenvalue weighted by Crippen LogP contribution is -2.37. The van der Waals surface area contributed by atoms with Crippen molar-refractivity contribution < 1.29 is 23.8 Å². The number of methoxy groups -OCH3 is 1. The Labute approximate surface area is 247 Å². The number of allylic oxidation sites excluding steroid dienone is 1. The van der Waals surface area contributed by atoms with Gasteiger partial charge in [0.05, 0.1) is 18.5 Å². The summed E-state index contributed by atoms with van der Waals surface area (Å²) < 4.78 is 17.6. The van der Waals surface area contributed by atoms with Crippen LogP contribution in [0.4, 0.5) is 4.79 Å². The zero-order valence-electron chi connectivity index (χ0n) is 24.7. The van der Waals surface area contributed by atoms with Crippen LogP contribution in [-0.2, 0) is 27.2 Å². The molecule has 0 aliphatic carbocycles. The first-order valence-electron chi connectivity index (χ1n) is 14.5. The van der Waals surface area contributed by atoms with E-state index in [1.165, 1.54) is 15.8 Å². The van der Waals surface area contributed by atoms with Gasteiger partial charge < -0.3 is 28.9 Å². The topological polar surface area (TPSA) is 76.5 Å². The lowest BCUT2D eigenvalue weighted by atomic mass is 9.96. The number of nitrogens with zero attached hydrogens (tertiary/aromatic N) is 4. The predicted octanol–water partition coefficient (Wildman–Crippen LogP) is 5.21. The van der Waals surface area contributed by atoms with Crippen molar-refractivity contribution >= 4 is 23.0 Å². The van der Waals surface area contributed by atoms with Crippen LogP contribution in [0.3, 0.4) is 0 Å². The van der Waals surface area contributed by atoms with Crippen molar-refractivity contribution in [2.24, 2.45) is 5.92 Å². The van der Waals surface area contributed by atoms with Gasteiger partial charge in [-0.2, -0.15) is 0 Å². The van der Waals surface area contributed by atoms with E-state index in [0.29, 0.717) is 24.1 Å². The minimum atomic E-state index is -0.593. The monoisotopic (exact) mass is 572 g/mol. The van der Waals surface area contributed by atoms with E-state index in [9.17, 15) is 9.59 Å². The third-order valence-corrected chi connectivity index (χ3v) is 7.89. The predicted molar refractivity (Wildman–Crippen MR) is 162 cm³/mol. The normalized spacial score (nSPS) is 15.7. The first-order valence-corrected chi connectivity index (χ1v) is 14.5. The van der Waals surface area contributed by atoms with Crippen molar-refractivity contribution in [1.82, 2.24) is 19.3 Å². The minimum absolute atomic E-state index is 0.214. The van der Waals surface area contributed by atoms with Crippen LogP contribution in [0, 0.1) is 5.92 Å². The van der Waals surface area contributed by atoms with E-state index in [4.69, 9.17) is 14.2 Å². The molecular weight excluding hydrogens is 532 g/mol. The molecule has 3 aromatic rings. The van der Waals surface area contributed by atoms with Crippen molar-refractivity contribution in [2.75, 3.05) is 47.6 Å². The van der Waals surface area contributed by atoms with Crippen molar-refractivity contribution in [2.45, 2.75) is 32.2 Å². The molecule has 1 aromatic heterocycles. The molecule has 1 fully saturated rings. The number of benzene rings is 2. The molecule has 2 aliphatic heterocycles. The zero-order chi connectivity index (χ0) is 29.5. The number of likely N-dealkylation sites (N-methyl/N-ethyl adjacent to an activating group) is 1. The van der Waals surface area contributed by atoms with Crippen LogP contribution in [0.1, 0.15) is 30.4 Å². The average molecular weight is 573 g/mol. The molecule has 0 N–H and O–H groups in total. The van der Waals surface area contributed by atoms with Crippen molar-refractivity contribution in [3.63, 3.8) is 0 Å². The number of likely N-dealkylation sites (tertiary alicyclic amines) is 1. The third-order valence-electron chi connectivity index (χ3n) is 7.89. The minimum Gasteiger partial charge on any atom is -0.497 e. The standard InChI is InChI=1S/C33H40N4O5/c1-34(2)17-13-27-22-37(31-20-29(40-3)11-12-30(27)31)33(39)42-24-41-32(38)26-14-18-36(19-15-26)28-10-7-16-35(23-28)21-25-8-5-4-6-9-25/h4-9,11-12,16,20,22-23,26H,10,13-15,17-19,21,24H2,1-3H3. The van der Waals surface area contributed by atoms with Gasteiger partial charge in [0.1, 0.15) is 5.75 Å². The number of fused-ring (bicyclic) bond motifs is 1. The molecular formula is C33H40N4O5. The molecule has 0 amide bonds. The molecule has 9 heteroatoms. The Morgan fingerprint density at radius 2 is 1.81 bits per heavy atom. The number of rotatable bonds is 10. The fraction of sp³-hybridized carbons (Fsp3) is 0.394. The first-order chi connectivity index (χ1) is 20.4. The molecule has 1 saturated heterocycles. The van der Waals surface area contributed by atoms with E-state index in [1.54, 1.807) is 13.3 Å². The Bertz CT molecular complexity index is 1440. The fourth-order valence-electron chi connectivity index (χ4n) is 5.53. The van der Waals surface area contributed by atoms with Gasteiger partial charge in [-0.05, 0) is 56.6 Å². The van der Waals surface area contributed by atoms with E-state index in [1.807, 2.05) is 38.4 Å². The van der Waals surface area contributed by atoms with Gasteiger partial charge >= 0.3 is 12.1 Å². The number of carbonyl (C=O) groups is 2. The Kier molecular flexibility index (Phi) is 9.48. The quantitative estimate of drug-likeness (QED) is 0.242. The summed E-state index contributed by atoms with van der Waals surface area (Å²) in [5, 5.41) is 0.963. The van der Waals surface area contributed by atoms with Gasteiger partial charge in [-0.3, -0.25) is 9.36 Å². The molecule has 0 spiro atoms. The Morgan fingerprint density at radius 3 is 2.55 bits per heavy atom. The van der Waals surface area contributed by atoms with Gasteiger partial charge in [-0.15, -0.1) is 0 Å². The van der Waals surface area contributed by atoms with Crippen LogP contribution >= 0.6 is 0 Å². The second-order valence-electron chi connectivity index (χ2n) is 11.1. The fourth-order valence-corrected chi connectivity index (χ4v) is 5.53. The first kappa shape index (κ1) is 29.3. The van der Waals surface area contributed by atoms with Crippen LogP contribution < -0.4 is 4.74 Å². The number of hydrogen-bond donors (Lipinski definition) is 0. The summed E-state index contributed by atoms with van der Waals surface area (Å²) in [6, 6.07) is 16.1. The lowest BCUT2D eigenvalue weighted by Gasteiger charge is -2.36. The maximum absolute atomic E-state index is 13.0. The van der Waals surface area contributed by atoms with Crippen molar-refractivity contribution in [1.29, 1.82) is 0 Å². The summed E-state index contributed by atoms with van der Waals surface area (Å²) in [4.78, 5) is 32.5. The summed E-state index contributed by atoms with van der Waals surface area (Å²) in [6.45, 7) is 2.82. The highest BCUT2D eigenvalue weighted by Gasteiger charge is 2.28. The number of ether oxygens (including phenoxy) is 3. The van der Waals surface area contributed by atoms with Gasteiger partial charge in [0.15, 0.2) is 0 Å². The summed E-state index contributed by atoms with van der Waals surface area (Å²) in [5.74, 6) is 0.112. The van der Waals surface area contributed by atoms with E-state index < -0.39 is 12.9 Å². The van der Waals surface area contributed by atoms with Gasteiger partial charge in [-0.1, -0.05) is 36.4 Å². The zero-order valence-corrected chi connectivity index (χ0v) is 24.7. The second kappa shape index (κ2) is 13.6. The molecule has 0 bridgehead atoms. The molecule has 0 unspecified atom stereocenters. The van der Waals surface area contributed by atoms with Gasteiger partial charge in [0.25, 0.3) is 0 Å². The van der Waals surface area contributed by atoms with Gasteiger partial charge in [-0.25, -0.2) is 4.79 Å². The maximum atomic E-state index is 13.0. The molecule has 3 heterocycles. The summed E-state index contributed by atoms with van der Waals surface area (Å²) >= 11 is 0. The van der Waals surface area contributed by atoms with E-state index in [-0.39, 0.29) is 11.9 Å². The molecule has 5 rings (SSSR count). The van der Waals surface area contributed by atoms with Gasteiger partial charge in [0, 0.05) is 68.3 Å². The van der Waals surface area contributed by atoms with E-state index >= 15 is 0 Å². The SMILES string of the molecule is COc1ccc2c(CCN(C)C)cn(C(=O)OCOC(=O)C3CCN(C4=CN(Cc5ccccc5)C=CC4)CC3)c2c1. The Balaban J connectivity index is 1.12. The molecule has 2 aromatic carbocycles. The van der Waals surface area contributed by atoms with Crippen LogP contribution in [0.25, 0.3) is 10.9 Å². The number of carbonyl (C=O) groups excluding carboxylic acids is 2. The molecule has 0 saturated carbocycles. The van der Waals surface area contributed by atoms with E-state index in [0.717, 1.165) is 50.0 Å². The molecule has 42 heavy (non-hydrogen) atoms. The molecule has 9 nitrogen and oxygen atoms in total. The summed E-state index contributed by atoms with van der Waals surface area (Å²) in [7, 11) is 5.62. The number of piperidine rings is 1. The molecule has 0 radical (unpaired) electrons. The van der Waals surface area contributed by atoms with E-state index in [2.05, 4.69) is 57.4 Å².